The van der Waals surface area contributed by atoms with E-state index in [1.807, 2.05) is 41.1 Å². The van der Waals surface area contributed by atoms with Gasteiger partial charge in [0.2, 0.25) is 0 Å². The number of hydrogen-bond donors (Lipinski definition) is 3. The normalized spacial score (nSPS) is 11.6. The molecule has 0 aliphatic carbocycles. The van der Waals surface area contributed by atoms with Crippen LogP contribution in [0.2, 0.25) is 0 Å². The molecular weight excluding hydrogens is 468 g/mol. The largest absolute Gasteiger partial charge is 0.351 e. The van der Waals surface area contributed by atoms with E-state index in [9.17, 15) is 0 Å². The van der Waals surface area contributed by atoms with Crippen molar-refractivity contribution in [2.45, 2.75) is 6.67 Å². The van der Waals surface area contributed by atoms with Crippen LogP contribution >= 0.6 is 12.2 Å². The van der Waals surface area contributed by atoms with Crippen LogP contribution in [0.5, 0.6) is 0 Å². The van der Waals surface area contributed by atoms with E-state index >= 15 is 0 Å². The number of aromatic amines is 2. The van der Waals surface area contributed by atoms with Crippen LogP contribution in [0.3, 0.4) is 0 Å². The van der Waals surface area contributed by atoms with E-state index in [1.54, 1.807) is 6.33 Å². The minimum absolute atomic E-state index is 0.427. The SMILES string of the molecule is S=c1[nH]c(NCn2nnc3ccccc32)c(-c2ccc3ccccc3c2)n1-c1ccc2nc[nH]c2c1. The Bertz CT molecular complexity index is 1940. The second-order valence-electron chi connectivity index (χ2n) is 8.57. The van der Waals surface area contributed by atoms with Crippen molar-refractivity contribution in [2.24, 2.45) is 0 Å². The molecule has 0 amide bonds. The lowest BCUT2D eigenvalue weighted by atomic mass is 10.0. The van der Waals surface area contributed by atoms with E-state index in [4.69, 9.17) is 12.2 Å². The van der Waals surface area contributed by atoms with Crippen LogP contribution in [0.15, 0.2) is 91.3 Å². The lowest BCUT2D eigenvalue weighted by Crippen LogP contribution is -2.10. The zero-order valence-corrected chi connectivity index (χ0v) is 19.8. The Labute approximate surface area is 210 Å². The van der Waals surface area contributed by atoms with Crippen molar-refractivity contribution in [1.29, 1.82) is 0 Å². The lowest BCUT2D eigenvalue weighted by Gasteiger charge is -2.13. The summed E-state index contributed by atoms with van der Waals surface area (Å²) in [5.74, 6) is 0.805. The van der Waals surface area contributed by atoms with Crippen LogP contribution in [0.25, 0.3) is 49.8 Å². The molecule has 3 heterocycles. The molecule has 7 rings (SSSR count). The van der Waals surface area contributed by atoms with E-state index < -0.39 is 0 Å². The molecule has 0 atom stereocenters. The summed E-state index contributed by atoms with van der Waals surface area (Å²) in [6, 6.07) is 28.8. The molecular formula is C27H20N8S. The average Bonchev–Trinajstić information content (AvgIpc) is 3.63. The van der Waals surface area contributed by atoms with Crippen LogP contribution in [0.1, 0.15) is 0 Å². The number of para-hydroxylation sites is 1. The first-order valence-corrected chi connectivity index (χ1v) is 12.0. The van der Waals surface area contributed by atoms with Gasteiger partial charge in [-0.25, -0.2) is 9.67 Å². The van der Waals surface area contributed by atoms with Gasteiger partial charge in [0, 0.05) is 5.56 Å². The van der Waals surface area contributed by atoms with Crippen LogP contribution < -0.4 is 5.32 Å². The summed E-state index contributed by atoms with van der Waals surface area (Å²) in [4.78, 5) is 10.9. The Morgan fingerprint density at radius 1 is 0.861 bits per heavy atom. The zero-order chi connectivity index (χ0) is 24.1. The molecule has 0 unspecified atom stereocenters. The summed E-state index contributed by atoms with van der Waals surface area (Å²) in [5.41, 5.74) is 6.58. The highest BCUT2D eigenvalue weighted by atomic mass is 32.1. The number of rotatable bonds is 5. The molecule has 0 aliphatic heterocycles. The Kier molecular flexibility index (Phi) is 4.68. The molecule has 9 heteroatoms. The van der Waals surface area contributed by atoms with Crippen LogP contribution in [0, 0.1) is 4.77 Å². The smallest absolute Gasteiger partial charge is 0.183 e. The molecule has 36 heavy (non-hydrogen) atoms. The van der Waals surface area contributed by atoms with Crippen LogP contribution in [0.4, 0.5) is 5.82 Å². The first-order chi connectivity index (χ1) is 17.7. The Morgan fingerprint density at radius 3 is 2.67 bits per heavy atom. The highest BCUT2D eigenvalue weighted by Gasteiger charge is 2.17. The van der Waals surface area contributed by atoms with E-state index in [0.29, 0.717) is 11.4 Å². The van der Waals surface area contributed by atoms with Crippen molar-refractivity contribution >= 4 is 50.9 Å². The number of hydrogen-bond acceptors (Lipinski definition) is 5. The van der Waals surface area contributed by atoms with Crippen molar-refractivity contribution in [2.75, 3.05) is 5.32 Å². The highest BCUT2D eigenvalue weighted by molar-refractivity contribution is 7.71. The molecule has 7 aromatic rings. The Morgan fingerprint density at radius 2 is 1.72 bits per heavy atom. The van der Waals surface area contributed by atoms with E-state index in [0.717, 1.165) is 50.2 Å². The summed E-state index contributed by atoms with van der Waals surface area (Å²) in [6.07, 6.45) is 1.70. The second-order valence-corrected chi connectivity index (χ2v) is 8.95. The number of nitrogens with zero attached hydrogens (tertiary/aromatic N) is 5. The topological polar surface area (TPSA) is 92.1 Å². The van der Waals surface area contributed by atoms with Crippen LogP contribution in [-0.4, -0.2) is 34.5 Å². The lowest BCUT2D eigenvalue weighted by molar-refractivity contribution is 0.654. The highest BCUT2D eigenvalue weighted by Crippen LogP contribution is 2.33. The average molecular weight is 489 g/mol. The maximum Gasteiger partial charge on any atom is 0.183 e. The van der Waals surface area contributed by atoms with Gasteiger partial charge >= 0.3 is 0 Å². The molecule has 0 radical (unpaired) electrons. The number of imidazole rings is 2. The van der Waals surface area contributed by atoms with Gasteiger partial charge in [-0.2, -0.15) is 0 Å². The molecule has 0 aliphatic rings. The third kappa shape index (κ3) is 3.37. The van der Waals surface area contributed by atoms with Gasteiger partial charge in [-0.3, -0.25) is 4.57 Å². The summed E-state index contributed by atoms with van der Waals surface area (Å²) in [5, 5.41) is 14.4. The second kappa shape index (κ2) is 8.17. The number of nitrogens with one attached hydrogen (secondary N) is 3. The zero-order valence-electron chi connectivity index (χ0n) is 19.0. The molecule has 0 spiro atoms. The van der Waals surface area contributed by atoms with Gasteiger partial charge in [0.15, 0.2) is 4.77 Å². The summed E-state index contributed by atoms with van der Waals surface area (Å²) in [7, 11) is 0. The maximum absolute atomic E-state index is 5.84. The van der Waals surface area contributed by atoms with Crippen molar-refractivity contribution < 1.29 is 0 Å². The molecule has 0 fully saturated rings. The Hall–Kier alpha value is -4.76. The molecule has 3 aromatic heterocycles. The number of aromatic nitrogens is 7. The van der Waals surface area contributed by atoms with Crippen LogP contribution in [-0.2, 0) is 6.67 Å². The summed E-state index contributed by atoms with van der Waals surface area (Å²) >= 11 is 5.84. The van der Waals surface area contributed by atoms with Gasteiger partial charge in [0.25, 0.3) is 0 Å². The van der Waals surface area contributed by atoms with Gasteiger partial charge in [-0.05, 0) is 59.4 Å². The number of fused-ring (bicyclic) bond motifs is 3. The molecule has 3 N–H and O–H groups in total. The molecule has 0 saturated heterocycles. The third-order valence-electron chi connectivity index (χ3n) is 6.41. The van der Waals surface area contributed by atoms with Crippen molar-refractivity contribution in [3.8, 4) is 16.9 Å². The van der Waals surface area contributed by atoms with Gasteiger partial charge in [-0.1, -0.05) is 53.7 Å². The quantitative estimate of drug-likeness (QED) is 0.257. The predicted molar refractivity (Wildman–Crippen MR) is 145 cm³/mol. The first-order valence-electron chi connectivity index (χ1n) is 11.5. The first kappa shape index (κ1) is 20.6. The molecule has 0 saturated carbocycles. The summed E-state index contributed by atoms with van der Waals surface area (Å²) in [6.45, 7) is 0.427. The monoisotopic (exact) mass is 488 g/mol. The molecule has 174 valence electrons. The molecule has 8 nitrogen and oxygen atoms in total. The predicted octanol–water partition coefficient (Wildman–Crippen LogP) is 6.05. The molecule has 0 bridgehead atoms. The van der Waals surface area contributed by atoms with Crippen molar-refractivity contribution in [1.82, 2.24) is 34.5 Å². The fourth-order valence-corrected chi connectivity index (χ4v) is 4.97. The van der Waals surface area contributed by atoms with E-state index in [-0.39, 0.29) is 0 Å². The van der Waals surface area contributed by atoms with E-state index in [2.05, 4.69) is 83.7 Å². The van der Waals surface area contributed by atoms with E-state index in [1.165, 1.54) is 5.39 Å². The minimum atomic E-state index is 0.427. The maximum atomic E-state index is 5.84. The fourth-order valence-electron chi connectivity index (χ4n) is 4.67. The third-order valence-corrected chi connectivity index (χ3v) is 6.69. The van der Waals surface area contributed by atoms with Gasteiger partial charge in [0.1, 0.15) is 18.0 Å². The van der Waals surface area contributed by atoms with Crippen molar-refractivity contribution in [3.63, 3.8) is 0 Å². The fraction of sp³-hybridized carbons (Fsp3) is 0.0370. The molecule has 4 aromatic carbocycles. The minimum Gasteiger partial charge on any atom is -0.351 e. The van der Waals surface area contributed by atoms with Gasteiger partial charge < -0.3 is 15.3 Å². The van der Waals surface area contributed by atoms with Gasteiger partial charge in [-0.15, -0.1) is 5.10 Å². The number of H-pyrrole nitrogens is 2. The standard InChI is InChI=1S/C27H20N8S/c36-27-31-26(30-16-34-24-8-4-3-7-22(24)32-33-34)25(19-10-9-17-5-1-2-6-18(17)13-19)35(27)20-11-12-21-23(14-20)29-15-28-21/h1-15,30H,16H2,(H,28,29)(H,31,36). The number of anilines is 1. The summed E-state index contributed by atoms with van der Waals surface area (Å²) < 4.78 is 4.48. The van der Waals surface area contributed by atoms with Gasteiger partial charge in [0.05, 0.1) is 34.3 Å². The van der Waals surface area contributed by atoms with Crippen molar-refractivity contribution in [3.05, 3.63) is 96.0 Å². The Balaban J connectivity index is 1.39. The number of benzene rings is 4.